The van der Waals surface area contributed by atoms with E-state index in [1.165, 1.54) is 67.7 Å². The van der Waals surface area contributed by atoms with Crippen LogP contribution in [0.4, 0.5) is 0 Å². The molecule has 51 heavy (non-hydrogen) atoms. The fourth-order valence-corrected chi connectivity index (χ4v) is 6.90. The van der Waals surface area contributed by atoms with Crippen molar-refractivity contribution in [3.8, 4) is 27.8 Å². The zero-order valence-electron chi connectivity index (χ0n) is 27.9. The molecule has 6 rings (SSSR count). The van der Waals surface area contributed by atoms with Gasteiger partial charge >= 0.3 is 23.9 Å². The van der Waals surface area contributed by atoms with Crippen molar-refractivity contribution in [3.05, 3.63) is 71.9 Å². The van der Waals surface area contributed by atoms with Crippen LogP contribution in [-0.4, -0.2) is 117 Å². The molecule has 2 aliphatic rings. The average Bonchev–Trinajstić information content (AvgIpc) is 3.89. The quantitative estimate of drug-likeness (QED) is 0.135. The highest BCUT2D eigenvalue weighted by atomic mass is 32.1. The van der Waals surface area contributed by atoms with Crippen molar-refractivity contribution in [2.24, 2.45) is 0 Å². The maximum absolute atomic E-state index is 10.1. The van der Waals surface area contributed by atoms with E-state index in [2.05, 4.69) is 45.1 Å². The number of hydrogen-bond acceptors (Lipinski definition) is 11. The molecular formula is C36H41N3O11S. The molecule has 2 aromatic carbocycles. The zero-order valence-corrected chi connectivity index (χ0v) is 28.7. The minimum absolute atomic E-state index is 0.292. The minimum Gasteiger partial charge on any atom is -0.508 e. The smallest absolute Gasteiger partial charge is 0.414 e. The van der Waals surface area contributed by atoms with Gasteiger partial charge in [0.15, 0.2) is 0 Å². The maximum atomic E-state index is 10.1. The predicted octanol–water partition coefficient (Wildman–Crippen LogP) is 4.52. The summed E-state index contributed by atoms with van der Waals surface area (Å²) < 4.78 is 13.0. The molecule has 0 atom stereocenters. The van der Waals surface area contributed by atoms with Crippen molar-refractivity contribution in [1.82, 2.24) is 14.8 Å². The van der Waals surface area contributed by atoms with Gasteiger partial charge in [-0.3, -0.25) is 9.80 Å². The van der Waals surface area contributed by atoms with E-state index >= 15 is 0 Å². The Kier molecular flexibility index (Phi) is 14.5. The summed E-state index contributed by atoms with van der Waals surface area (Å²) in [4.78, 5) is 47.1. The summed E-state index contributed by atoms with van der Waals surface area (Å²) in [5.41, 5.74) is 3.55. The Labute approximate surface area is 298 Å². The Bertz CT molecular complexity index is 1720. The number of carbonyl (C=O) groups is 4. The van der Waals surface area contributed by atoms with Gasteiger partial charge in [-0.25, -0.2) is 24.2 Å². The van der Waals surface area contributed by atoms with Crippen molar-refractivity contribution >= 4 is 45.3 Å². The number of phenolic OH excluding ortho intramolecular Hbond substituents is 1. The summed E-state index contributed by atoms with van der Waals surface area (Å²) in [5.74, 6) is -5.42. The normalized spacial score (nSPS) is 14.2. The predicted molar refractivity (Wildman–Crippen MR) is 189 cm³/mol. The Morgan fingerprint density at radius 3 is 1.76 bits per heavy atom. The molecule has 2 aromatic heterocycles. The fourth-order valence-electron chi connectivity index (χ4n) is 5.64. The van der Waals surface area contributed by atoms with Gasteiger partial charge in [0.05, 0.1) is 0 Å². The molecule has 0 spiro atoms. The third-order valence-electron chi connectivity index (χ3n) is 8.17. The maximum Gasteiger partial charge on any atom is 0.414 e. The highest BCUT2D eigenvalue weighted by molar-refractivity contribution is 7.22. The van der Waals surface area contributed by atoms with E-state index in [1.54, 1.807) is 17.4 Å². The Hall–Kier alpha value is -5.25. The third-order valence-corrected chi connectivity index (χ3v) is 9.41. The molecule has 272 valence electrons. The van der Waals surface area contributed by atoms with Crippen molar-refractivity contribution in [1.29, 1.82) is 0 Å². The molecule has 4 aromatic rings. The number of phenols is 1. The second-order valence-corrected chi connectivity index (χ2v) is 12.9. The van der Waals surface area contributed by atoms with Gasteiger partial charge in [0.1, 0.15) is 24.7 Å². The Morgan fingerprint density at radius 1 is 0.706 bits per heavy atom. The number of aromatic hydroxyl groups is 1. The van der Waals surface area contributed by atoms with Gasteiger partial charge in [-0.05, 0) is 116 Å². The molecular weight excluding hydrogens is 682 g/mol. The number of rotatable bonds is 11. The Balaban J connectivity index is 0.000000420. The number of carboxylic acid groups (broad SMARTS) is 4. The second-order valence-electron chi connectivity index (χ2n) is 11.8. The number of carboxylic acids is 4. The summed E-state index contributed by atoms with van der Waals surface area (Å²) in [5, 5.41) is 40.9. The molecule has 0 unspecified atom stereocenters. The number of likely N-dealkylation sites (tertiary alicyclic amines) is 2. The first-order chi connectivity index (χ1) is 24.5. The summed E-state index contributed by atoms with van der Waals surface area (Å²) in [6.07, 6.45) is 7.88. The van der Waals surface area contributed by atoms with Gasteiger partial charge in [-0.2, -0.15) is 0 Å². The van der Waals surface area contributed by atoms with Crippen LogP contribution in [0, 0.1) is 0 Å². The fraction of sp³-hybridized carbons (Fsp3) is 0.361. The molecule has 2 saturated heterocycles. The zero-order chi connectivity index (χ0) is 36.8. The van der Waals surface area contributed by atoms with Gasteiger partial charge in [0.2, 0.25) is 5.88 Å². The average molecular weight is 724 g/mol. The molecule has 0 saturated carbocycles. The lowest BCUT2D eigenvalue weighted by atomic mass is 9.99. The van der Waals surface area contributed by atoms with E-state index in [9.17, 15) is 5.11 Å². The van der Waals surface area contributed by atoms with Gasteiger partial charge in [-0.15, -0.1) is 11.3 Å². The molecule has 2 fully saturated rings. The van der Waals surface area contributed by atoms with E-state index in [-0.39, 0.29) is 0 Å². The van der Waals surface area contributed by atoms with Crippen LogP contribution in [0.2, 0.25) is 0 Å². The van der Waals surface area contributed by atoms with Crippen LogP contribution in [0.1, 0.15) is 36.8 Å². The first kappa shape index (κ1) is 38.6. The van der Waals surface area contributed by atoms with Gasteiger partial charge in [0.25, 0.3) is 0 Å². The highest BCUT2D eigenvalue weighted by Gasteiger charge is 2.17. The molecule has 5 N–H and O–H groups in total. The van der Waals surface area contributed by atoms with Gasteiger partial charge in [-0.1, -0.05) is 6.07 Å². The molecule has 0 aliphatic carbocycles. The number of aromatic nitrogens is 1. The first-order valence-corrected chi connectivity index (χ1v) is 17.2. The monoisotopic (exact) mass is 723 g/mol. The van der Waals surface area contributed by atoms with Crippen molar-refractivity contribution < 1.29 is 54.2 Å². The molecule has 0 radical (unpaired) electrons. The van der Waals surface area contributed by atoms with Crippen LogP contribution in [0.5, 0.6) is 17.4 Å². The van der Waals surface area contributed by atoms with E-state index < -0.39 is 23.9 Å². The molecule has 2 aliphatic heterocycles. The number of aliphatic carboxylic acids is 4. The van der Waals surface area contributed by atoms with Crippen LogP contribution >= 0.6 is 11.3 Å². The van der Waals surface area contributed by atoms with Crippen LogP contribution in [-0.2, 0) is 25.6 Å². The van der Waals surface area contributed by atoms with Crippen LogP contribution < -0.4 is 9.47 Å². The van der Waals surface area contributed by atoms with Crippen molar-refractivity contribution in [2.75, 3.05) is 52.5 Å². The molecule has 15 heteroatoms. The number of benzene rings is 2. The standard InChI is InChI=1S/C32H37N3O3S.2C2H2O4/c36-26-8-11-28-29(21-24-5-12-31(33-23-24)38-20-18-35-15-3-4-16-35)32(39-30(28)22-26)25-6-9-27(10-7-25)37-19-17-34-13-1-2-14-34;2*3-1(4)2(5)6/h5-12,22-23,36H,1-4,13-21H2;2*(H,3,4)(H,5,6). The van der Waals surface area contributed by atoms with E-state index in [1.807, 2.05) is 24.4 Å². The lowest BCUT2D eigenvalue weighted by molar-refractivity contribution is -0.159. The third kappa shape index (κ3) is 12.2. The number of hydrogen-bond donors (Lipinski definition) is 5. The molecule has 4 heterocycles. The van der Waals surface area contributed by atoms with Crippen molar-refractivity contribution in [2.45, 2.75) is 32.1 Å². The van der Waals surface area contributed by atoms with Gasteiger partial charge < -0.3 is 35.0 Å². The first-order valence-electron chi connectivity index (χ1n) is 16.4. The number of pyridine rings is 1. The number of nitrogens with zero attached hydrogens (tertiary/aromatic N) is 3. The van der Waals surface area contributed by atoms with Gasteiger partial charge in [0, 0.05) is 41.4 Å². The minimum atomic E-state index is -1.82. The largest absolute Gasteiger partial charge is 0.508 e. The topological polar surface area (TPSA) is 207 Å². The summed E-state index contributed by atoms with van der Waals surface area (Å²) in [7, 11) is 0. The second kappa shape index (κ2) is 19.2. The molecule has 0 bridgehead atoms. The van der Waals surface area contributed by atoms with E-state index in [4.69, 9.17) is 49.1 Å². The molecule has 14 nitrogen and oxygen atoms in total. The summed E-state index contributed by atoms with van der Waals surface area (Å²) >= 11 is 1.72. The summed E-state index contributed by atoms with van der Waals surface area (Å²) in [6.45, 7) is 8.08. The number of thiophene rings is 1. The van der Waals surface area contributed by atoms with Crippen LogP contribution in [0.3, 0.4) is 0 Å². The van der Waals surface area contributed by atoms with E-state index in [0.29, 0.717) is 18.2 Å². The van der Waals surface area contributed by atoms with E-state index in [0.717, 1.165) is 47.7 Å². The SMILES string of the molecule is O=C(O)C(=O)O.O=C(O)C(=O)O.Oc1ccc2c(Cc3ccc(OCCN4CCCC4)nc3)c(-c3ccc(OCCN4CCCC4)cc3)sc2c1. The lowest BCUT2D eigenvalue weighted by Crippen LogP contribution is -2.25. The van der Waals surface area contributed by atoms with Crippen LogP contribution in [0.25, 0.3) is 20.5 Å². The Morgan fingerprint density at radius 2 is 1.25 bits per heavy atom. The van der Waals surface area contributed by atoms with Crippen LogP contribution in [0.15, 0.2) is 60.8 Å². The number of ether oxygens (including phenoxy) is 2. The highest BCUT2D eigenvalue weighted by Crippen LogP contribution is 2.41. The summed E-state index contributed by atoms with van der Waals surface area (Å²) in [6, 6.07) is 18.2. The van der Waals surface area contributed by atoms with Crippen molar-refractivity contribution in [3.63, 3.8) is 0 Å². The number of fused-ring (bicyclic) bond motifs is 1. The molecule has 0 amide bonds. The lowest BCUT2D eigenvalue weighted by Gasteiger charge is -2.15.